The first-order chi connectivity index (χ1) is 13.2. The van der Waals surface area contributed by atoms with Crippen molar-refractivity contribution >= 4 is 27.6 Å². The van der Waals surface area contributed by atoms with Crippen LogP contribution in [0.4, 0.5) is 5.69 Å². The Morgan fingerprint density at radius 2 is 1.81 bits per heavy atom. The van der Waals surface area contributed by atoms with Crippen molar-refractivity contribution in [1.29, 1.82) is 0 Å². The molecule has 0 unspecified atom stereocenters. The number of aromatic nitrogens is 1. The summed E-state index contributed by atoms with van der Waals surface area (Å²) in [5.74, 6) is -0.694. The molecule has 3 heteroatoms. The molecule has 3 nitrogen and oxygen atoms in total. The lowest BCUT2D eigenvalue weighted by molar-refractivity contribution is -0.666. The van der Waals surface area contributed by atoms with E-state index >= 15 is 0 Å². The zero-order chi connectivity index (χ0) is 20.2. The fraction of sp³-hybridized carbons (Fsp3) is 0.250. The van der Waals surface area contributed by atoms with Gasteiger partial charge in [-0.3, -0.25) is 0 Å². The lowest BCUT2D eigenvalue weighted by Crippen LogP contribution is -2.35. The molecular weight excluding hydrogens is 332 g/mol. The van der Waals surface area contributed by atoms with Crippen LogP contribution < -0.4 is 4.57 Å². The number of hydrogen-bond donors (Lipinski definition) is 0. The SMILES string of the molecule is [2H]C(C)(C)c1cc(C)[n+](C)c(-c2c(C)ccc3c2oc2c([N+]#[C-])cccc23)c1. The van der Waals surface area contributed by atoms with Crippen LogP contribution in [0.5, 0.6) is 0 Å². The van der Waals surface area contributed by atoms with Crippen molar-refractivity contribution in [3.05, 3.63) is 70.7 Å². The zero-order valence-electron chi connectivity index (χ0n) is 17.3. The Kier molecular flexibility index (Phi) is 3.72. The molecule has 0 N–H and O–H groups in total. The fourth-order valence-electron chi connectivity index (χ4n) is 3.68. The van der Waals surface area contributed by atoms with E-state index in [1.54, 1.807) is 6.07 Å². The van der Waals surface area contributed by atoms with Crippen molar-refractivity contribution in [1.82, 2.24) is 0 Å². The highest BCUT2D eigenvalue weighted by atomic mass is 16.3. The van der Waals surface area contributed by atoms with Crippen LogP contribution in [0.15, 0.2) is 46.9 Å². The maximum atomic E-state index is 8.49. The van der Waals surface area contributed by atoms with E-state index in [-0.39, 0.29) is 0 Å². The van der Waals surface area contributed by atoms with Gasteiger partial charge in [0.1, 0.15) is 18.2 Å². The van der Waals surface area contributed by atoms with Crippen LogP contribution >= 0.6 is 0 Å². The highest BCUT2D eigenvalue weighted by Crippen LogP contribution is 2.40. The van der Waals surface area contributed by atoms with E-state index in [0.717, 1.165) is 44.4 Å². The Balaban J connectivity index is 2.15. The minimum Gasteiger partial charge on any atom is -0.466 e. The fourth-order valence-corrected chi connectivity index (χ4v) is 3.68. The lowest BCUT2D eigenvalue weighted by Gasteiger charge is -2.11. The Morgan fingerprint density at radius 1 is 1.07 bits per heavy atom. The summed E-state index contributed by atoms with van der Waals surface area (Å²) in [6, 6.07) is 14.0. The molecular formula is C24H23N2O+. The Bertz CT molecular complexity index is 1290. The molecule has 0 aliphatic heterocycles. The molecule has 27 heavy (non-hydrogen) atoms. The van der Waals surface area contributed by atoms with Crippen LogP contribution in [0.2, 0.25) is 0 Å². The van der Waals surface area contributed by atoms with E-state index in [1.807, 2.05) is 33.0 Å². The van der Waals surface area contributed by atoms with Crippen LogP contribution in [0.3, 0.4) is 0 Å². The minimum absolute atomic E-state index is 0.527. The summed E-state index contributed by atoms with van der Waals surface area (Å²) in [4.78, 5) is 3.62. The van der Waals surface area contributed by atoms with Gasteiger partial charge < -0.3 is 4.42 Å². The summed E-state index contributed by atoms with van der Waals surface area (Å²) < 4.78 is 16.9. The molecule has 0 radical (unpaired) electrons. The van der Waals surface area contributed by atoms with Crippen molar-refractivity contribution in [2.45, 2.75) is 33.6 Å². The molecule has 134 valence electrons. The summed E-state index contributed by atoms with van der Waals surface area (Å²) in [6.45, 7) is 15.4. The van der Waals surface area contributed by atoms with Gasteiger partial charge in [0.05, 0.1) is 12.1 Å². The molecule has 4 rings (SSSR count). The summed E-state index contributed by atoms with van der Waals surface area (Å²) in [5.41, 5.74) is 7.14. The molecule has 4 aromatic rings. The molecule has 2 heterocycles. The normalized spacial score (nSPS) is 12.4. The molecule has 0 bridgehead atoms. The third-order valence-electron chi connectivity index (χ3n) is 5.36. The van der Waals surface area contributed by atoms with Crippen LogP contribution in [0.25, 0.3) is 38.0 Å². The van der Waals surface area contributed by atoms with E-state index < -0.39 is 5.89 Å². The number of para-hydroxylation sites is 1. The molecule has 0 fully saturated rings. The highest BCUT2D eigenvalue weighted by molar-refractivity contribution is 6.12. The minimum atomic E-state index is -0.694. The summed E-state index contributed by atoms with van der Waals surface area (Å²) in [6.07, 6.45) is 0. The van der Waals surface area contributed by atoms with Gasteiger partial charge in [-0.05, 0) is 23.9 Å². The van der Waals surface area contributed by atoms with Gasteiger partial charge in [0.15, 0.2) is 5.69 Å². The summed E-state index contributed by atoms with van der Waals surface area (Å²) in [5, 5.41) is 1.97. The number of fused-ring (bicyclic) bond motifs is 3. The van der Waals surface area contributed by atoms with Gasteiger partial charge >= 0.3 is 0 Å². The van der Waals surface area contributed by atoms with Crippen LogP contribution in [-0.2, 0) is 7.05 Å². The van der Waals surface area contributed by atoms with E-state index in [0.29, 0.717) is 11.3 Å². The third-order valence-corrected chi connectivity index (χ3v) is 5.36. The second-order valence-corrected chi connectivity index (χ2v) is 7.33. The van der Waals surface area contributed by atoms with Gasteiger partial charge in [-0.15, -0.1) is 0 Å². The maximum Gasteiger partial charge on any atom is 0.229 e. The molecule has 0 aliphatic carbocycles. The largest absolute Gasteiger partial charge is 0.466 e. The molecule has 2 aromatic heterocycles. The molecule has 0 saturated heterocycles. The first kappa shape index (κ1) is 16.1. The molecule has 0 atom stereocenters. The molecule has 0 saturated carbocycles. The molecule has 0 spiro atoms. The molecule has 0 amide bonds. The zero-order valence-corrected chi connectivity index (χ0v) is 16.3. The Hall–Kier alpha value is -3.12. The predicted molar refractivity (Wildman–Crippen MR) is 110 cm³/mol. The number of pyridine rings is 1. The Labute approximate surface area is 161 Å². The average molecular weight is 356 g/mol. The first-order valence-electron chi connectivity index (χ1n) is 9.56. The van der Waals surface area contributed by atoms with Crippen LogP contribution in [0.1, 0.15) is 37.9 Å². The van der Waals surface area contributed by atoms with Gasteiger partial charge in [0.2, 0.25) is 11.4 Å². The van der Waals surface area contributed by atoms with Crippen molar-refractivity contribution in [3.63, 3.8) is 0 Å². The van der Waals surface area contributed by atoms with Gasteiger partial charge in [0, 0.05) is 31.2 Å². The number of aryl methyl sites for hydroxylation is 2. The number of benzene rings is 2. The summed E-state index contributed by atoms with van der Waals surface area (Å²) in [7, 11) is 2.04. The van der Waals surface area contributed by atoms with Gasteiger partial charge in [-0.2, -0.15) is 4.57 Å². The maximum absolute atomic E-state index is 8.49. The van der Waals surface area contributed by atoms with Crippen LogP contribution in [0, 0.1) is 20.4 Å². The van der Waals surface area contributed by atoms with Crippen molar-refractivity contribution in [2.24, 2.45) is 7.05 Å². The first-order valence-corrected chi connectivity index (χ1v) is 9.06. The highest BCUT2D eigenvalue weighted by Gasteiger charge is 2.23. The van der Waals surface area contributed by atoms with Crippen molar-refractivity contribution < 1.29 is 10.4 Å². The average Bonchev–Trinajstić information content (AvgIpc) is 3.02. The predicted octanol–water partition coefficient (Wildman–Crippen LogP) is 6.37. The lowest BCUT2D eigenvalue weighted by atomic mass is 9.96. The van der Waals surface area contributed by atoms with Gasteiger partial charge in [-0.25, -0.2) is 4.85 Å². The smallest absolute Gasteiger partial charge is 0.229 e. The van der Waals surface area contributed by atoms with Crippen LogP contribution in [-0.4, -0.2) is 0 Å². The number of rotatable bonds is 2. The number of nitrogens with zero attached hydrogens (tertiary/aromatic N) is 2. The van der Waals surface area contributed by atoms with E-state index in [9.17, 15) is 0 Å². The number of hydrogen-bond acceptors (Lipinski definition) is 1. The second-order valence-electron chi connectivity index (χ2n) is 7.33. The summed E-state index contributed by atoms with van der Waals surface area (Å²) >= 11 is 0. The standard InChI is InChI=1S/C24H23N2O/c1-14(2)17-12-16(4)26(6)21(13-17)22-15(3)10-11-19-18-8-7-9-20(25-5)23(18)27-24(19)22/h7-14H,1-4,6H3/q+1/i14D. The quantitative estimate of drug-likeness (QED) is 0.302. The Morgan fingerprint density at radius 3 is 2.52 bits per heavy atom. The van der Waals surface area contributed by atoms with Crippen molar-refractivity contribution in [3.8, 4) is 11.3 Å². The van der Waals surface area contributed by atoms with E-state index in [2.05, 4.69) is 47.5 Å². The van der Waals surface area contributed by atoms with Gasteiger partial charge in [0.25, 0.3) is 0 Å². The van der Waals surface area contributed by atoms with E-state index in [4.69, 9.17) is 12.4 Å². The monoisotopic (exact) mass is 356 g/mol. The van der Waals surface area contributed by atoms with E-state index in [1.165, 1.54) is 0 Å². The second kappa shape index (κ2) is 6.25. The van der Waals surface area contributed by atoms with Crippen molar-refractivity contribution in [2.75, 3.05) is 0 Å². The number of furan rings is 1. The molecule has 2 aromatic carbocycles. The molecule has 0 aliphatic rings. The topological polar surface area (TPSA) is 21.4 Å². The van der Waals surface area contributed by atoms with Gasteiger partial charge in [-0.1, -0.05) is 44.2 Å². The third kappa shape index (κ3) is 2.61.